The first-order valence-electron chi connectivity index (χ1n) is 17.8. The maximum absolute atomic E-state index is 11.8. The number of ether oxygens (including phenoxy) is 5. The van der Waals surface area contributed by atoms with Gasteiger partial charge in [0.05, 0.1) is 69.0 Å². The van der Waals surface area contributed by atoms with E-state index in [0.29, 0.717) is 25.2 Å². The zero-order valence-electron chi connectivity index (χ0n) is 33.6. The summed E-state index contributed by atoms with van der Waals surface area (Å²) in [6.07, 6.45) is 1.52. The monoisotopic (exact) mass is 775 g/mol. The zero-order valence-corrected chi connectivity index (χ0v) is 36.7. The van der Waals surface area contributed by atoms with Crippen LogP contribution in [-0.4, -0.2) is 62.9 Å². The second-order valence-corrected chi connectivity index (χ2v) is 12.8. The summed E-state index contributed by atoms with van der Waals surface area (Å²) >= 11 is 0. The van der Waals surface area contributed by atoms with E-state index in [0.717, 1.165) is 0 Å². The Kier molecular flexibility index (Phi) is 32.0. The molecule has 53 heavy (non-hydrogen) atoms. The summed E-state index contributed by atoms with van der Waals surface area (Å²) in [7, 11) is 0. The Morgan fingerprint density at radius 2 is 0.736 bits per heavy atom. The summed E-state index contributed by atoms with van der Waals surface area (Å²) in [6.45, 7) is 21.0. The Morgan fingerprint density at radius 1 is 0.491 bits per heavy atom. The number of nitrogens with zero attached hydrogens (tertiary/aromatic N) is 3. The van der Waals surface area contributed by atoms with Gasteiger partial charge < -0.3 is 32.8 Å². The fourth-order valence-corrected chi connectivity index (χ4v) is 4.88. The molecule has 4 atom stereocenters. The van der Waals surface area contributed by atoms with Gasteiger partial charge in [-0.15, -0.1) is 0 Å². The van der Waals surface area contributed by atoms with Gasteiger partial charge in [-0.05, 0) is 71.6 Å². The van der Waals surface area contributed by atoms with E-state index >= 15 is 0 Å². The van der Waals surface area contributed by atoms with E-state index < -0.39 is 65.4 Å². The number of nitriles is 3. The third kappa shape index (κ3) is 22.7. The molecule has 0 bridgehead atoms. The van der Waals surface area contributed by atoms with Crippen molar-refractivity contribution in [2.24, 2.45) is 47.3 Å². The standard InChI is InChI=1S/2C13H21NO4.C11H16NO4.K/c2*1-5-17-12(15)11(13(16)18-6-2)10(8-14)7-9(3)4;1-4-14-10(13)9(11-15-16-11)8(6-12)5-7(2)3;/h2*9-11H,5-7H2,1-4H3;7-9H,4-5H2,1-3H3;/q;;-1;+1/t10-;;8-,9?;/m0.1./s1. The molecule has 0 aromatic carbocycles. The van der Waals surface area contributed by atoms with Crippen molar-refractivity contribution in [3.05, 3.63) is 5.96 Å². The minimum absolute atomic E-state index is 0. The normalized spacial score (nSPS) is 12.6. The smallest absolute Gasteiger partial charge is 0.467 e. The van der Waals surface area contributed by atoms with E-state index in [1.54, 1.807) is 34.6 Å². The summed E-state index contributed by atoms with van der Waals surface area (Å²) in [5.41, 5.74) is 0. The predicted molar refractivity (Wildman–Crippen MR) is 185 cm³/mol. The van der Waals surface area contributed by atoms with Gasteiger partial charge in [0.15, 0.2) is 11.8 Å². The molecule has 0 aliphatic heterocycles. The first-order chi connectivity index (χ1) is 24.5. The van der Waals surface area contributed by atoms with E-state index in [2.05, 4.69) is 15.2 Å². The van der Waals surface area contributed by atoms with Gasteiger partial charge in [0.1, 0.15) is 0 Å². The van der Waals surface area contributed by atoms with Crippen molar-refractivity contribution in [2.45, 2.75) is 101 Å². The molecule has 0 fully saturated rings. The van der Waals surface area contributed by atoms with Crippen LogP contribution in [0.2, 0.25) is 0 Å². The molecular formula is C37H58KN3O12. The largest absolute Gasteiger partial charge is 1.00 e. The zero-order chi connectivity index (χ0) is 40.4. The number of rotatable bonds is 20. The minimum atomic E-state index is -1.14. The number of hydrogen-bond acceptors (Lipinski definition) is 15. The van der Waals surface area contributed by atoms with Crippen molar-refractivity contribution in [1.29, 1.82) is 15.8 Å². The molecule has 0 aliphatic rings. The van der Waals surface area contributed by atoms with Crippen molar-refractivity contribution in [1.82, 2.24) is 0 Å². The molecule has 1 aromatic rings. The van der Waals surface area contributed by atoms with Crippen LogP contribution in [0, 0.1) is 81.3 Å². The molecule has 294 valence electrons. The Morgan fingerprint density at radius 3 is 0.943 bits per heavy atom. The first-order valence-corrected chi connectivity index (χ1v) is 17.8. The number of carbonyl (C=O) groups is 5. The molecule has 15 nitrogen and oxygen atoms in total. The van der Waals surface area contributed by atoms with E-state index in [1.165, 1.54) is 0 Å². The summed E-state index contributed by atoms with van der Waals surface area (Å²) in [5.74, 6) is -7.10. The van der Waals surface area contributed by atoms with E-state index in [9.17, 15) is 24.0 Å². The Balaban J connectivity index is -0.000000702. The van der Waals surface area contributed by atoms with Gasteiger partial charge in [0.25, 0.3) is 5.97 Å². The topological polar surface area (TPSA) is 229 Å². The third-order valence-electron chi connectivity index (χ3n) is 7.02. The van der Waals surface area contributed by atoms with Crippen LogP contribution in [0.25, 0.3) is 0 Å². The summed E-state index contributed by atoms with van der Waals surface area (Å²) in [4.78, 5) is 58.7. The first kappa shape index (κ1) is 54.3. The van der Waals surface area contributed by atoms with Gasteiger partial charge >= 0.3 is 75.3 Å². The van der Waals surface area contributed by atoms with E-state index in [-0.39, 0.29) is 102 Å². The molecule has 2 unspecified atom stereocenters. The molecular weight excluding hydrogens is 718 g/mol. The Hall–Kier alpha value is -3.07. The number of hydrogen-bond donors (Lipinski definition) is 0. The second kappa shape index (κ2) is 31.3. The summed E-state index contributed by atoms with van der Waals surface area (Å²) in [5, 5.41) is 27.3. The van der Waals surface area contributed by atoms with E-state index in [4.69, 9.17) is 39.5 Å². The molecule has 0 aliphatic carbocycles. The minimum Gasteiger partial charge on any atom is -0.467 e. The summed E-state index contributed by atoms with van der Waals surface area (Å²) in [6, 6.07) is 6.13. The van der Waals surface area contributed by atoms with Crippen LogP contribution in [0.3, 0.4) is 0 Å². The van der Waals surface area contributed by atoms with Crippen molar-refractivity contribution in [3.8, 4) is 18.2 Å². The molecule has 0 radical (unpaired) electrons. The Bertz CT molecular complexity index is 1200. The van der Waals surface area contributed by atoms with Gasteiger partial charge in [-0.1, -0.05) is 41.5 Å². The number of esters is 5. The average molecular weight is 776 g/mol. The van der Waals surface area contributed by atoms with Gasteiger partial charge in [-0.25, -0.2) is 0 Å². The fraction of sp³-hybridized carbons (Fsp3) is 0.757. The molecule has 0 saturated heterocycles. The van der Waals surface area contributed by atoms with Crippen LogP contribution in [0.1, 0.15) is 107 Å². The molecule has 0 amide bonds. The SMILES string of the molecule is CCOC(=O)C(C(=O)OCC)C(C#N)CC(C)C.CCOC(=O)C(C(=O)OCC)[C@H](C#N)CC(C)C.CCOC(=O)C([c-]1oo1)[C@@H](C#N)CC(C)C.[K+]. The van der Waals surface area contributed by atoms with E-state index in [1.807, 2.05) is 53.7 Å². The second-order valence-electron chi connectivity index (χ2n) is 12.8. The van der Waals surface area contributed by atoms with Crippen LogP contribution < -0.4 is 51.4 Å². The quantitative estimate of drug-likeness (QED) is 0.0462. The molecule has 1 rings (SSSR count). The van der Waals surface area contributed by atoms with Crippen molar-refractivity contribution < 1.29 is 108 Å². The van der Waals surface area contributed by atoms with Crippen LogP contribution in [0.15, 0.2) is 9.15 Å². The molecule has 0 spiro atoms. The van der Waals surface area contributed by atoms with Gasteiger partial charge in [-0.2, -0.15) is 15.8 Å². The van der Waals surface area contributed by atoms with Crippen LogP contribution in [0.4, 0.5) is 0 Å². The maximum Gasteiger partial charge on any atom is 1.00 e. The molecule has 1 aromatic heterocycles. The van der Waals surface area contributed by atoms with Crippen LogP contribution in [-0.2, 0) is 47.7 Å². The maximum atomic E-state index is 11.8. The average Bonchev–Trinajstić information content (AvgIpc) is 3.89. The van der Waals surface area contributed by atoms with Crippen molar-refractivity contribution in [3.63, 3.8) is 0 Å². The molecule has 0 N–H and O–H groups in total. The Labute approximate surface area is 357 Å². The number of carbonyl (C=O) groups excluding carboxylic acids is 5. The molecule has 1 heterocycles. The molecule has 0 saturated carbocycles. The van der Waals surface area contributed by atoms with Gasteiger partial charge in [-0.3, -0.25) is 24.0 Å². The van der Waals surface area contributed by atoms with Gasteiger partial charge in [0, 0.05) is 11.8 Å². The van der Waals surface area contributed by atoms with Crippen LogP contribution in [0.5, 0.6) is 0 Å². The van der Waals surface area contributed by atoms with Crippen molar-refractivity contribution in [2.75, 3.05) is 33.0 Å². The third-order valence-corrected chi connectivity index (χ3v) is 7.02. The summed E-state index contributed by atoms with van der Waals surface area (Å²) < 4.78 is 33.4. The van der Waals surface area contributed by atoms with Crippen molar-refractivity contribution >= 4 is 29.8 Å². The molecule has 16 heteroatoms. The fourth-order valence-electron chi connectivity index (χ4n) is 4.88. The van der Waals surface area contributed by atoms with Crippen LogP contribution >= 0.6 is 0 Å². The van der Waals surface area contributed by atoms with Gasteiger partial charge in [0.2, 0.25) is 0 Å². The predicted octanol–water partition coefficient (Wildman–Crippen LogP) is 3.26.